The predicted octanol–water partition coefficient (Wildman–Crippen LogP) is 2.46. The summed E-state index contributed by atoms with van der Waals surface area (Å²) in [7, 11) is -3.58. The zero-order valence-electron chi connectivity index (χ0n) is 25.9. The van der Waals surface area contributed by atoms with Gasteiger partial charge in [-0.2, -0.15) is 0 Å². The lowest BCUT2D eigenvalue weighted by Gasteiger charge is -2.32. The molecule has 1 aromatic carbocycles. The van der Waals surface area contributed by atoms with E-state index in [2.05, 4.69) is 20.9 Å². The zero-order valence-corrected chi connectivity index (χ0v) is 26.7. The lowest BCUT2D eigenvalue weighted by molar-refractivity contribution is 0.0387. The van der Waals surface area contributed by atoms with Gasteiger partial charge in [-0.05, 0) is 49.7 Å². The van der Waals surface area contributed by atoms with Crippen LogP contribution in [0.15, 0.2) is 17.0 Å². The Kier molecular flexibility index (Phi) is 8.85. The Morgan fingerprint density at radius 2 is 1.76 bits per heavy atom. The minimum Gasteiger partial charge on any atom is -0.382 e. The van der Waals surface area contributed by atoms with Crippen molar-refractivity contribution >= 4 is 27.5 Å². The normalized spacial score (nSPS) is 24.0. The first-order chi connectivity index (χ1) is 21.4. The van der Waals surface area contributed by atoms with Gasteiger partial charge in [0, 0.05) is 49.5 Å². The maximum absolute atomic E-state index is 15.7. The molecule has 0 atom stereocenters. The van der Waals surface area contributed by atoms with Crippen molar-refractivity contribution < 1.29 is 31.9 Å². The highest BCUT2D eigenvalue weighted by Crippen LogP contribution is 2.44. The monoisotopic (exact) mass is 646 g/mol. The molecule has 2 aromatic rings. The third-order valence-corrected chi connectivity index (χ3v) is 11.5. The quantitative estimate of drug-likeness (QED) is 0.341. The third-order valence-electron chi connectivity index (χ3n) is 9.27. The fourth-order valence-electron chi connectivity index (χ4n) is 7.26. The first kappa shape index (κ1) is 31.8. The first-order valence-electron chi connectivity index (χ1n) is 15.7. The second-order valence-electron chi connectivity index (χ2n) is 13.4. The number of ether oxygens (including phenoxy) is 2. The van der Waals surface area contributed by atoms with Gasteiger partial charge in [-0.3, -0.25) is 9.69 Å². The largest absolute Gasteiger partial charge is 0.382 e. The third kappa shape index (κ3) is 6.69. The topological polar surface area (TPSA) is 157 Å². The van der Waals surface area contributed by atoms with Gasteiger partial charge in [0.15, 0.2) is 9.84 Å². The van der Waals surface area contributed by atoms with E-state index in [1.54, 1.807) is 10.6 Å². The number of nitrogens with zero attached hydrogens (tertiary/aromatic N) is 2. The van der Waals surface area contributed by atoms with Crippen molar-refractivity contribution in [2.75, 3.05) is 50.5 Å². The van der Waals surface area contributed by atoms with Crippen LogP contribution in [0.1, 0.15) is 66.8 Å². The number of hydrogen-bond acceptors (Lipinski definition) is 8. The number of sulfone groups is 1. The van der Waals surface area contributed by atoms with Gasteiger partial charge < -0.3 is 35.7 Å². The molecule has 246 valence electrons. The molecular weight excluding hydrogens is 603 g/mol. The molecule has 0 radical (unpaired) electrons. The van der Waals surface area contributed by atoms with E-state index < -0.39 is 27.0 Å². The number of morpholine rings is 1. The Morgan fingerprint density at radius 3 is 2.47 bits per heavy atom. The summed E-state index contributed by atoms with van der Waals surface area (Å²) in [4.78, 5) is 27.4. The van der Waals surface area contributed by atoms with Crippen LogP contribution in [0.3, 0.4) is 0 Å². The SMILES string of the molecule is CC1(C)Cc2c(c3c(n2-c2cc(F)c(C(N)=O)c(N[C@H]4CC[C@H](NC(=O)NCCN5CCOCC5)CC4)c2)COC3)S(=O)(=O)C1. The molecule has 2 fully saturated rings. The number of fused-ring (bicyclic) bond motifs is 3. The van der Waals surface area contributed by atoms with E-state index in [1.807, 2.05) is 13.8 Å². The molecule has 12 nitrogen and oxygen atoms in total. The highest BCUT2D eigenvalue weighted by molar-refractivity contribution is 7.91. The van der Waals surface area contributed by atoms with Crippen molar-refractivity contribution in [1.82, 2.24) is 20.1 Å². The van der Waals surface area contributed by atoms with E-state index in [0.717, 1.165) is 32.8 Å². The Balaban J connectivity index is 1.17. The van der Waals surface area contributed by atoms with Crippen LogP contribution in [0.25, 0.3) is 5.69 Å². The number of urea groups is 1. The molecule has 1 saturated heterocycles. The second-order valence-corrected chi connectivity index (χ2v) is 15.3. The summed E-state index contributed by atoms with van der Waals surface area (Å²) in [6, 6.07) is 2.66. The number of nitrogens with one attached hydrogen (secondary N) is 3. The van der Waals surface area contributed by atoms with Gasteiger partial charge >= 0.3 is 6.03 Å². The van der Waals surface area contributed by atoms with Crippen LogP contribution in [-0.4, -0.2) is 87.1 Å². The first-order valence-corrected chi connectivity index (χ1v) is 17.4. The molecule has 14 heteroatoms. The number of rotatable bonds is 8. The summed E-state index contributed by atoms with van der Waals surface area (Å²) in [6.45, 7) is 8.73. The average Bonchev–Trinajstić information content (AvgIpc) is 3.53. The van der Waals surface area contributed by atoms with Crippen molar-refractivity contribution in [2.45, 2.75) is 76.1 Å². The molecule has 6 rings (SSSR count). The molecule has 5 N–H and O–H groups in total. The van der Waals surface area contributed by atoms with Crippen molar-refractivity contribution in [2.24, 2.45) is 11.1 Å². The van der Waals surface area contributed by atoms with Gasteiger partial charge in [-0.25, -0.2) is 17.6 Å². The smallest absolute Gasteiger partial charge is 0.315 e. The number of carbonyl (C=O) groups excluding carboxylic acids is 2. The van der Waals surface area contributed by atoms with Gasteiger partial charge in [0.1, 0.15) is 5.82 Å². The van der Waals surface area contributed by atoms with Crippen LogP contribution in [-0.2, 0) is 38.9 Å². The van der Waals surface area contributed by atoms with Crippen LogP contribution >= 0.6 is 0 Å². The lowest BCUT2D eigenvalue weighted by atomic mass is 9.89. The molecule has 3 aliphatic heterocycles. The Labute approximate surface area is 263 Å². The van der Waals surface area contributed by atoms with Crippen molar-refractivity contribution in [1.29, 1.82) is 0 Å². The number of hydrogen-bond donors (Lipinski definition) is 4. The minimum absolute atomic E-state index is 0.00408. The molecular formula is C31H43FN6O6S. The number of benzene rings is 1. The number of amides is 3. The fraction of sp³-hybridized carbons (Fsp3) is 0.613. The number of halogens is 1. The molecule has 0 spiro atoms. The van der Waals surface area contributed by atoms with Gasteiger partial charge in [0.05, 0.1) is 59.7 Å². The Hall–Kier alpha value is -3.20. The number of anilines is 1. The summed E-state index contributed by atoms with van der Waals surface area (Å²) < 4.78 is 55.2. The van der Waals surface area contributed by atoms with Crippen molar-refractivity contribution in [3.05, 3.63) is 40.5 Å². The molecule has 1 aromatic heterocycles. The van der Waals surface area contributed by atoms with Gasteiger partial charge in [-0.1, -0.05) is 13.8 Å². The summed E-state index contributed by atoms with van der Waals surface area (Å²) >= 11 is 0. The molecule has 4 aliphatic rings. The van der Waals surface area contributed by atoms with Crippen LogP contribution in [0.5, 0.6) is 0 Å². The average molecular weight is 647 g/mol. The van der Waals surface area contributed by atoms with E-state index in [1.165, 1.54) is 6.07 Å². The van der Waals surface area contributed by atoms with Gasteiger partial charge in [0.25, 0.3) is 5.91 Å². The van der Waals surface area contributed by atoms with Crippen LogP contribution in [0.2, 0.25) is 0 Å². The summed E-state index contributed by atoms with van der Waals surface area (Å²) in [6.07, 6.45) is 3.31. The maximum Gasteiger partial charge on any atom is 0.315 e. The number of nitrogens with two attached hydrogens (primary N) is 1. The predicted molar refractivity (Wildman–Crippen MR) is 166 cm³/mol. The number of carbonyl (C=O) groups is 2. The van der Waals surface area contributed by atoms with E-state index in [9.17, 15) is 18.0 Å². The van der Waals surface area contributed by atoms with Crippen molar-refractivity contribution in [3.8, 4) is 5.69 Å². The summed E-state index contributed by atoms with van der Waals surface area (Å²) in [5.41, 5.74) is 7.52. The van der Waals surface area contributed by atoms with E-state index in [-0.39, 0.29) is 48.3 Å². The van der Waals surface area contributed by atoms with E-state index in [4.69, 9.17) is 15.2 Å². The Morgan fingerprint density at radius 1 is 1.04 bits per heavy atom. The number of aromatic nitrogens is 1. The fourth-order valence-corrected chi connectivity index (χ4v) is 9.61. The zero-order chi connectivity index (χ0) is 31.9. The lowest BCUT2D eigenvalue weighted by Crippen LogP contribution is -2.47. The van der Waals surface area contributed by atoms with Crippen LogP contribution < -0.4 is 21.7 Å². The molecule has 0 unspecified atom stereocenters. The highest BCUT2D eigenvalue weighted by Gasteiger charge is 2.43. The molecule has 4 heterocycles. The number of primary amides is 1. The molecule has 1 saturated carbocycles. The second kappa shape index (κ2) is 12.5. The summed E-state index contributed by atoms with van der Waals surface area (Å²) in [5.74, 6) is -1.64. The van der Waals surface area contributed by atoms with Crippen LogP contribution in [0, 0.1) is 11.2 Å². The molecule has 45 heavy (non-hydrogen) atoms. The molecule has 1 aliphatic carbocycles. The minimum atomic E-state index is -3.58. The van der Waals surface area contributed by atoms with Gasteiger partial charge in [-0.15, -0.1) is 0 Å². The Bertz CT molecular complexity index is 1580. The van der Waals surface area contributed by atoms with Crippen molar-refractivity contribution in [3.63, 3.8) is 0 Å². The van der Waals surface area contributed by atoms with E-state index in [0.29, 0.717) is 66.2 Å². The van der Waals surface area contributed by atoms with Crippen LogP contribution in [0.4, 0.5) is 14.9 Å². The maximum atomic E-state index is 15.7. The standard InChI is InChI=1S/C31H43FN6O6S/c1-31(2)15-25-28(45(41,42)18-31)22-16-44-17-26(22)38(25)21-13-23(32)27(29(33)39)24(14-21)35-19-3-5-20(6-4-19)36-30(40)34-7-8-37-9-11-43-12-10-37/h13-14,19-20,35H,3-12,15-18H2,1-2H3,(H2,33,39)(H2,34,36,40)/t19-,20-. The molecule has 3 amide bonds. The highest BCUT2D eigenvalue weighted by atomic mass is 32.2. The van der Waals surface area contributed by atoms with Gasteiger partial charge in [0.2, 0.25) is 0 Å². The molecule has 0 bridgehead atoms. The van der Waals surface area contributed by atoms with E-state index >= 15 is 4.39 Å². The summed E-state index contributed by atoms with van der Waals surface area (Å²) in [5, 5.41) is 9.34.